The number of nitrogens with zero attached hydrogens (tertiary/aromatic N) is 2. The van der Waals surface area contributed by atoms with Crippen LogP contribution in [0.1, 0.15) is 31.0 Å². The van der Waals surface area contributed by atoms with Gasteiger partial charge in [-0.25, -0.2) is 9.97 Å². The molecule has 1 aromatic heterocycles. The van der Waals surface area contributed by atoms with E-state index in [4.69, 9.17) is 4.74 Å². The number of hydrogen-bond donors (Lipinski definition) is 1. The molecule has 1 N–H and O–H groups in total. The van der Waals surface area contributed by atoms with Crippen molar-refractivity contribution in [2.45, 2.75) is 25.2 Å². The molecule has 1 aromatic carbocycles. The molecule has 3 rings (SSSR count). The summed E-state index contributed by atoms with van der Waals surface area (Å²) in [5.74, 6) is 2.82. The second kappa shape index (κ2) is 6.48. The Kier molecular flexibility index (Phi) is 4.23. The van der Waals surface area contributed by atoms with E-state index in [9.17, 15) is 0 Å². The lowest BCUT2D eigenvalue weighted by molar-refractivity contribution is 0.473. The molecule has 1 aliphatic heterocycles. The molecule has 0 spiro atoms. The lowest BCUT2D eigenvalue weighted by Gasteiger charge is -2.12. The van der Waals surface area contributed by atoms with E-state index in [2.05, 4.69) is 15.3 Å². The predicted octanol–water partition coefficient (Wildman–Crippen LogP) is 3.13. The Bertz CT molecular complexity index is 519. The molecule has 1 fully saturated rings. The minimum Gasteiger partial charge on any atom is -0.454 e. The number of para-hydroxylation sites is 1. The van der Waals surface area contributed by atoms with E-state index in [0.29, 0.717) is 11.7 Å². The van der Waals surface area contributed by atoms with Crippen molar-refractivity contribution in [2.75, 3.05) is 13.1 Å². The number of hydrogen-bond acceptors (Lipinski definition) is 4. The molecule has 0 bridgehead atoms. The predicted molar refractivity (Wildman–Crippen MR) is 78.0 cm³/mol. The highest BCUT2D eigenvalue weighted by molar-refractivity contribution is 5.27. The fourth-order valence-electron chi connectivity index (χ4n) is 2.45. The maximum absolute atomic E-state index is 5.70. The molecule has 20 heavy (non-hydrogen) atoms. The third-order valence-electron chi connectivity index (χ3n) is 3.54. The summed E-state index contributed by atoms with van der Waals surface area (Å²) in [6, 6.07) is 9.70. The Morgan fingerprint density at radius 1 is 1.00 bits per heavy atom. The van der Waals surface area contributed by atoms with Crippen LogP contribution in [0.2, 0.25) is 0 Å². The lowest BCUT2D eigenvalue weighted by Crippen LogP contribution is -2.20. The van der Waals surface area contributed by atoms with Gasteiger partial charge in [0.05, 0.1) is 12.4 Å². The molecule has 1 unspecified atom stereocenters. The smallest absolute Gasteiger partial charge is 0.164 e. The first-order chi connectivity index (χ1) is 9.92. The number of benzene rings is 1. The SMILES string of the molecule is c1ccc(Oc2cnc(C3CCCCNC3)nc2)cc1. The highest BCUT2D eigenvalue weighted by Gasteiger charge is 2.16. The van der Waals surface area contributed by atoms with E-state index < -0.39 is 0 Å². The van der Waals surface area contributed by atoms with Crippen LogP contribution < -0.4 is 10.1 Å². The van der Waals surface area contributed by atoms with E-state index in [1.165, 1.54) is 12.8 Å². The van der Waals surface area contributed by atoms with Crippen molar-refractivity contribution in [3.63, 3.8) is 0 Å². The fraction of sp³-hybridized carbons (Fsp3) is 0.375. The van der Waals surface area contributed by atoms with E-state index >= 15 is 0 Å². The largest absolute Gasteiger partial charge is 0.454 e. The molecule has 1 aliphatic rings. The Balaban J connectivity index is 1.67. The standard InChI is InChI=1S/C16H19N3O/c1-2-7-14(8-3-1)20-15-11-18-16(19-12-15)13-6-4-5-9-17-10-13/h1-3,7-8,11-13,17H,4-6,9-10H2. The highest BCUT2D eigenvalue weighted by atomic mass is 16.5. The first kappa shape index (κ1) is 13.1. The summed E-state index contributed by atoms with van der Waals surface area (Å²) in [4.78, 5) is 8.93. The monoisotopic (exact) mass is 269 g/mol. The summed E-state index contributed by atoms with van der Waals surface area (Å²) in [6.45, 7) is 2.07. The van der Waals surface area contributed by atoms with Crippen molar-refractivity contribution >= 4 is 0 Å². The van der Waals surface area contributed by atoms with Gasteiger partial charge in [-0.2, -0.15) is 0 Å². The Morgan fingerprint density at radius 2 is 1.80 bits per heavy atom. The zero-order valence-corrected chi connectivity index (χ0v) is 11.5. The van der Waals surface area contributed by atoms with Crippen molar-refractivity contribution in [1.82, 2.24) is 15.3 Å². The van der Waals surface area contributed by atoms with Gasteiger partial charge >= 0.3 is 0 Å². The molecule has 0 saturated carbocycles. The van der Waals surface area contributed by atoms with Gasteiger partial charge in [0, 0.05) is 12.5 Å². The van der Waals surface area contributed by atoms with Crippen LogP contribution in [0.5, 0.6) is 11.5 Å². The van der Waals surface area contributed by atoms with Gasteiger partial charge in [-0.05, 0) is 31.5 Å². The van der Waals surface area contributed by atoms with Gasteiger partial charge in [-0.15, -0.1) is 0 Å². The minimum absolute atomic E-state index is 0.420. The van der Waals surface area contributed by atoms with Crippen molar-refractivity contribution in [1.29, 1.82) is 0 Å². The molecule has 104 valence electrons. The van der Waals surface area contributed by atoms with E-state index in [0.717, 1.165) is 31.1 Å². The summed E-state index contributed by atoms with van der Waals surface area (Å²) < 4.78 is 5.70. The normalized spacial score (nSPS) is 19.3. The van der Waals surface area contributed by atoms with Crippen LogP contribution in [0, 0.1) is 0 Å². The maximum atomic E-state index is 5.70. The summed E-state index contributed by atoms with van der Waals surface area (Å²) >= 11 is 0. The van der Waals surface area contributed by atoms with E-state index in [-0.39, 0.29) is 0 Å². The van der Waals surface area contributed by atoms with Gasteiger partial charge in [0.25, 0.3) is 0 Å². The molecule has 0 radical (unpaired) electrons. The Labute approximate surface area is 119 Å². The number of aromatic nitrogens is 2. The zero-order valence-electron chi connectivity index (χ0n) is 11.5. The van der Waals surface area contributed by atoms with Gasteiger partial charge < -0.3 is 10.1 Å². The highest BCUT2D eigenvalue weighted by Crippen LogP contribution is 2.23. The van der Waals surface area contributed by atoms with Crippen molar-refractivity contribution in [3.8, 4) is 11.5 Å². The summed E-state index contributed by atoms with van der Waals surface area (Å²) in [6.07, 6.45) is 7.17. The van der Waals surface area contributed by atoms with Crippen molar-refractivity contribution < 1.29 is 4.74 Å². The molecule has 2 heterocycles. The minimum atomic E-state index is 0.420. The molecule has 1 atom stereocenters. The van der Waals surface area contributed by atoms with Crippen LogP contribution in [0.25, 0.3) is 0 Å². The molecular weight excluding hydrogens is 250 g/mol. The van der Waals surface area contributed by atoms with Crippen LogP contribution >= 0.6 is 0 Å². The van der Waals surface area contributed by atoms with Crippen LogP contribution in [-0.2, 0) is 0 Å². The average Bonchev–Trinajstić information content (AvgIpc) is 2.78. The molecular formula is C16H19N3O. The first-order valence-corrected chi connectivity index (χ1v) is 7.17. The van der Waals surface area contributed by atoms with Crippen molar-refractivity contribution in [3.05, 3.63) is 48.5 Å². The third kappa shape index (κ3) is 3.33. The maximum Gasteiger partial charge on any atom is 0.164 e. The number of ether oxygens (including phenoxy) is 1. The average molecular weight is 269 g/mol. The third-order valence-corrected chi connectivity index (χ3v) is 3.54. The van der Waals surface area contributed by atoms with Crippen LogP contribution in [0.15, 0.2) is 42.7 Å². The number of rotatable bonds is 3. The van der Waals surface area contributed by atoms with Crippen LogP contribution in [0.4, 0.5) is 0 Å². The molecule has 1 saturated heterocycles. The molecule has 0 aliphatic carbocycles. The van der Waals surface area contributed by atoms with E-state index in [1.54, 1.807) is 12.4 Å². The fourth-order valence-corrected chi connectivity index (χ4v) is 2.45. The topological polar surface area (TPSA) is 47.0 Å². The second-order valence-electron chi connectivity index (χ2n) is 5.09. The van der Waals surface area contributed by atoms with Crippen LogP contribution in [-0.4, -0.2) is 23.1 Å². The summed E-state index contributed by atoms with van der Waals surface area (Å²) in [7, 11) is 0. The van der Waals surface area contributed by atoms with Gasteiger partial charge in [0.1, 0.15) is 11.6 Å². The summed E-state index contributed by atoms with van der Waals surface area (Å²) in [5, 5.41) is 3.44. The van der Waals surface area contributed by atoms with E-state index in [1.807, 2.05) is 30.3 Å². The number of nitrogens with one attached hydrogen (secondary N) is 1. The van der Waals surface area contributed by atoms with Crippen LogP contribution in [0.3, 0.4) is 0 Å². The molecule has 4 heteroatoms. The van der Waals surface area contributed by atoms with Gasteiger partial charge in [0.15, 0.2) is 5.75 Å². The first-order valence-electron chi connectivity index (χ1n) is 7.17. The second-order valence-corrected chi connectivity index (χ2v) is 5.09. The Morgan fingerprint density at radius 3 is 2.60 bits per heavy atom. The van der Waals surface area contributed by atoms with Crippen molar-refractivity contribution in [2.24, 2.45) is 0 Å². The van der Waals surface area contributed by atoms with Gasteiger partial charge in [-0.3, -0.25) is 0 Å². The lowest BCUT2D eigenvalue weighted by atomic mass is 10.0. The summed E-state index contributed by atoms with van der Waals surface area (Å²) in [5.41, 5.74) is 0. The quantitative estimate of drug-likeness (QED) is 0.930. The van der Waals surface area contributed by atoms with Gasteiger partial charge in [-0.1, -0.05) is 24.6 Å². The molecule has 0 amide bonds. The molecule has 4 nitrogen and oxygen atoms in total. The Hall–Kier alpha value is -1.94. The zero-order chi connectivity index (χ0) is 13.6. The van der Waals surface area contributed by atoms with Gasteiger partial charge in [0.2, 0.25) is 0 Å². The molecule has 2 aromatic rings.